The summed E-state index contributed by atoms with van der Waals surface area (Å²) in [6.45, 7) is 1.80. The Morgan fingerprint density at radius 3 is 2.46 bits per heavy atom. The minimum Gasteiger partial charge on any atom is -0.508 e. The molecule has 0 heterocycles. The van der Waals surface area contributed by atoms with Gasteiger partial charge in [-0.25, -0.2) is 4.79 Å². The summed E-state index contributed by atoms with van der Waals surface area (Å²) in [5.41, 5.74) is 0.644. The highest BCUT2D eigenvalue weighted by Crippen LogP contribution is 2.20. The summed E-state index contributed by atoms with van der Waals surface area (Å²) in [7, 11) is 0. The minimum atomic E-state index is -0.742. The zero-order valence-corrected chi connectivity index (χ0v) is 13.7. The highest BCUT2D eigenvalue weighted by Gasteiger charge is 2.22. The molecule has 0 aliphatic carbocycles. The monoisotopic (exact) mass is 345 g/mol. The number of carbonyl (C=O) groups excluding carboxylic acids is 2. The van der Waals surface area contributed by atoms with Crippen LogP contribution in [0, 0.1) is 0 Å². The third-order valence-electron chi connectivity index (χ3n) is 3.11. The number of nitrogens with one attached hydrogen (secondary N) is 1. The molecule has 2 rings (SSSR count). The van der Waals surface area contributed by atoms with Crippen LogP contribution in [0.25, 0.3) is 0 Å². The van der Waals surface area contributed by atoms with Crippen LogP contribution in [-0.2, 0) is 9.53 Å². The summed E-state index contributed by atoms with van der Waals surface area (Å²) in [6.07, 6.45) is 1.27. The summed E-state index contributed by atoms with van der Waals surface area (Å²) in [5.74, 6) is -1.17. The molecule has 5 nitrogen and oxygen atoms in total. The maximum atomic E-state index is 12.6. The van der Waals surface area contributed by atoms with Gasteiger partial charge in [-0.05, 0) is 43.3 Å². The molecule has 24 heavy (non-hydrogen) atoms. The quantitative estimate of drug-likeness (QED) is 0.208. The Hall–Kier alpha value is -2.79. The van der Waals surface area contributed by atoms with E-state index in [-0.39, 0.29) is 28.5 Å². The van der Waals surface area contributed by atoms with Crippen LogP contribution < -0.4 is 5.32 Å². The molecule has 0 fully saturated rings. The van der Waals surface area contributed by atoms with Crippen molar-refractivity contribution >= 4 is 29.0 Å². The van der Waals surface area contributed by atoms with Gasteiger partial charge in [0.15, 0.2) is 0 Å². The molecule has 0 spiro atoms. The lowest BCUT2D eigenvalue weighted by molar-refractivity contribution is -0.138. The van der Waals surface area contributed by atoms with Gasteiger partial charge in [-0.15, -0.1) is 0 Å². The predicted octanol–water partition coefficient (Wildman–Crippen LogP) is 3.79. The smallest absolute Gasteiger partial charge is 0.343 e. The number of rotatable bonds is 6. The molecular weight excluding hydrogens is 330 g/mol. The second-order valence-electron chi connectivity index (χ2n) is 4.78. The SMILES string of the molecule is CCOC(=O)/C(=C/Nc1ccc(O)cc1)C(=O)c1ccccc1Cl. The Labute approximate surface area is 144 Å². The first kappa shape index (κ1) is 17.6. The second kappa shape index (κ2) is 8.17. The van der Waals surface area contributed by atoms with Crippen molar-refractivity contribution in [1.82, 2.24) is 0 Å². The molecule has 0 atom stereocenters. The van der Waals surface area contributed by atoms with Crippen LogP contribution in [0.3, 0.4) is 0 Å². The van der Waals surface area contributed by atoms with E-state index in [9.17, 15) is 14.7 Å². The molecular formula is C18H16ClNO4. The van der Waals surface area contributed by atoms with Crippen molar-refractivity contribution in [2.24, 2.45) is 0 Å². The van der Waals surface area contributed by atoms with Gasteiger partial charge >= 0.3 is 5.97 Å². The minimum absolute atomic E-state index is 0.113. The van der Waals surface area contributed by atoms with Crippen LogP contribution in [0.1, 0.15) is 17.3 Å². The number of anilines is 1. The van der Waals surface area contributed by atoms with E-state index in [0.29, 0.717) is 5.69 Å². The number of benzene rings is 2. The fraction of sp³-hybridized carbons (Fsp3) is 0.111. The molecule has 0 radical (unpaired) electrons. The molecule has 0 aliphatic heterocycles. The predicted molar refractivity (Wildman–Crippen MR) is 92.2 cm³/mol. The van der Waals surface area contributed by atoms with Crippen LogP contribution in [0.5, 0.6) is 5.75 Å². The number of hydrogen-bond acceptors (Lipinski definition) is 5. The Kier molecular flexibility index (Phi) is 5.98. The maximum absolute atomic E-state index is 12.6. The molecule has 124 valence electrons. The normalized spacial score (nSPS) is 11.0. The van der Waals surface area contributed by atoms with Crippen molar-refractivity contribution in [1.29, 1.82) is 0 Å². The molecule has 0 bridgehead atoms. The zero-order valence-electron chi connectivity index (χ0n) is 13.0. The molecule has 0 aliphatic rings. The van der Waals surface area contributed by atoms with Gasteiger partial charge in [-0.3, -0.25) is 4.79 Å². The number of carbonyl (C=O) groups is 2. The Morgan fingerprint density at radius 2 is 1.83 bits per heavy atom. The summed E-state index contributed by atoms with van der Waals surface area (Å²) >= 11 is 6.03. The average molecular weight is 346 g/mol. The third-order valence-corrected chi connectivity index (χ3v) is 3.44. The highest BCUT2D eigenvalue weighted by atomic mass is 35.5. The van der Waals surface area contributed by atoms with Crippen LogP contribution in [0.15, 0.2) is 60.3 Å². The fourth-order valence-corrected chi connectivity index (χ4v) is 2.15. The molecule has 2 N–H and O–H groups in total. The Balaban J connectivity index is 2.32. The first-order chi connectivity index (χ1) is 11.5. The molecule has 2 aromatic carbocycles. The van der Waals surface area contributed by atoms with Crippen molar-refractivity contribution in [3.63, 3.8) is 0 Å². The van der Waals surface area contributed by atoms with Crippen molar-refractivity contribution in [3.8, 4) is 5.75 Å². The second-order valence-corrected chi connectivity index (χ2v) is 5.19. The molecule has 0 amide bonds. The van der Waals surface area contributed by atoms with Crippen LogP contribution in [0.2, 0.25) is 5.02 Å². The molecule has 6 heteroatoms. The zero-order chi connectivity index (χ0) is 17.5. The number of phenolic OH excluding ortho intramolecular Hbond substituents is 1. The topological polar surface area (TPSA) is 75.6 Å². The van der Waals surface area contributed by atoms with Crippen LogP contribution in [-0.4, -0.2) is 23.5 Å². The van der Waals surface area contributed by atoms with Gasteiger partial charge in [0.25, 0.3) is 0 Å². The standard InChI is InChI=1S/C18H16ClNO4/c1-2-24-18(23)15(11-20-12-7-9-13(21)10-8-12)17(22)14-5-3-4-6-16(14)19/h3-11,20-21H,2H2,1H3/b15-11+. The van der Waals surface area contributed by atoms with Gasteiger partial charge in [0.2, 0.25) is 5.78 Å². The van der Waals surface area contributed by atoms with Gasteiger partial charge in [0.05, 0.1) is 11.6 Å². The largest absolute Gasteiger partial charge is 0.508 e. The first-order valence-electron chi connectivity index (χ1n) is 7.25. The molecule has 0 saturated heterocycles. The van der Waals surface area contributed by atoms with E-state index < -0.39 is 11.8 Å². The number of phenols is 1. The third kappa shape index (κ3) is 4.36. The number of halogens is 1. The first-order valence-corrected chi connectivity index (χ1v) is 7.62. The lowest BCUT2D eigenvalue weighted by Gasteiger charge is -2.09. The van der Waals surface area contributed by atoms with Crippen LogP contribution in [0.4, 0.5) is 5.69 Å². The molecule has 0 aromatic heterocycles. The van der Waals surface area contributed by atoms with E-state index in [0.717, 1.165) is 0 Å². The highest BCUT2D eigenvalue weighted by molar-refractivity contribution is 6.36. The Bertz CT molecular complexity index is 769. The maximum Gasteiger partial charge on any atom is 0.343 e. The van der Waals surface area contributed by atoms with Gasteiger partial charge in [0.1, 0.15) is 11.3 Å². The molecule has 0 saturated carbocycles. The van der Waals surface area contributed by atoms with E-state index in [2.05, 4.69) is 5.32 Å². The molecule has 2 aromatic rings. The van der Waals surface area contributed by atoms with Gasteiger partial charge in [-0.2, -0.15) is 0 Å². The van der Waals surface area contributed by atoms with Gasteiger partial charge in [-0.1, -0.05) is 23.7 Å². The summed E-state index contributed by atoms with van der Waals surface area (Å²) in [5, 5.41) is 12.4. The number of aromatic hydroxyl groups is 1. The van der Waals surface area contributed by atoms with E-state index in [1.807, 2.05) is 0 Å². The number of ether oxygens (including phenoxy) is 1. The van der Waals surface area contributed by atoms with Crippen molar-refractivity contribution in [2.75, 3.05) is 11.9 Å². The van der Waals surface area contributed by atoms with Crippen molar-refractivity contribution in [2.45, 2.75) is 6.92 Å². The lowest BCUT2D eigenvalue weighted by Crippen LogP contribution is -2.18. The average Bonchev–Trinajstić information content (AvgIpc) is 2.57. The summed E-state index contributed by atoms with van der Waals surface area (Å²) in [6, 6.07) is 12.6. The van der Waals surface area contributed by atoms with Crippen LogP contribution >= 0.6 is 11.6 Å². The van der Waals surface area contributed by atoms with Gasteiger partial charge in [0, 0.05) is 17.5 Å². The number of ketones is 1. The van der Waals surface area contributed by atoms with Crippen molar-refractivity contribution in [3.05, 3.63) is 70.9 Å². The van der Waals surface area contributed by atoms with E-state index in [4.69, 9.17) is 16.3 Å². The van der Waals surface area contributed by atoms with Gasteiger partial charge < -0.3 is 15.2 Å². The Morgan fingerprint density at radius 1 is 1.17 bits per heavy atom. The number of Topliss-reactive ketones (excluding diaryl/α,β-unsaturated/α-hetero) is 1. The summed E-state index contributed by atoms with van der Waals surface area (Å²) < 4.78 is 4.94. The van der Waals surface area contributed by atoms with E-state index >= 15 is 0 Å². The molecule has 0 unspecified atom stereocenters. The lowest BCUT2D eigenvalue weighted by atomic mass is 10.0. The van der Waals surface area contributed by atoms with Crippen molar-refractivity contribution < 1.29 is 19.4 Å². The summed E-state index contributed by atoms with van der Waals surface area (Å²) in [4.78, 5) is 24.7. The number of hydrogen-bond donors (Lipinski definition) is 2. The van der Waals surface area contributed by atoms with E-state index in [1.165, 1.54) is 24.4 Å². The number of esters is 1. The fourth-order valence-electron chi connectivity index (χ4n) is 1.93. The van der Waals surface area contributed by atoms with E-state index in [1.54, 1.807) is 37.3 Å².